The zero-order valence-corrected chi connectivity index (χ0v) is 43.6. The molecule has 17 nitrogen and oxygen atoms in total. The van der Waals surface area contributed by atoms with Gasteiger partial charge in [0, 0.05) is 32.6 Å². The quantitative estimate of drug-likeness (QED) is 0.0338. The molecule has 6 N–H and O–H groups in total. The molecular weight excluding hydrogens is 851 g/mol. The van der Waals surface area contributed by atoms with E-state index in [9.17, 15) is 28.8 Å². The van der Waals surface area contributed by atoms with Crippen LogP contribution in [-0.4, -0.2) is 116 Å². The van der Waals surface area contributed by atoms with Crippen molar-refractivity contribution in [3.05, 3.63) is 59.7 Å². The van der Waals surface area contributed by atoms with Gasteiger partial charge in [0.15, 0.2) is 6.61 Å². The second kappa shape index (κ2) is 47.2. The zero-order valence-electron chi connectivity index (χ0n) is 43.6. The van der Waals surface area contributed by atoms with Gasteiger partial charge in [0.25, 0.3) is 5.91 Å². The molecule has 1 aromatic carbocycles. The highest BCUT2D eigenvalue weighted by Gasteiger charge is 2.28. The third kappa shape index (κ3) is 49.3. The van der Waals surface area contributed by atoms with Crippen molar-refractivity contribution in [1.29, 1.82) is 0 Å². The molecule has 4 unspecified atom stereocenters. The lowest BCUT2D eigenvalue weighted by Gasteiger charge is -2.25. The molecule has 0 fully saturated rings. The summed E-state index contributed by atoms with van der Waals surface area (Å²) in [6.45, 7) is 32.1. The lowest BCUT2D eigenvalue weighted by Crippen LogP contribution is -2.53. The lowest BCUT2D eigenvalue weighted by atomic mass is 9.98. The fourth-order valence-electron chi connectivity index (χ4n) is 4.42. The third-order valence-corrected chi connectivity index (χ3v) is 8.20. The second-order valence-corrected chi connectivity index (χ2v) is 15.7. The van der Waals surface area contributed by atoms with Gasteiger partial charge in [0.1, 0.15) is 18.1 Å². The highest BCUT2D eigenvalue weighted by molar-refractivity contribution is 5.92. The molecule has 382 valence electrons. The standard InChI is InChI=1S/C22H36N4O8.C10H20.C7H8.C4H10.C2H5NO.C2H4O3.C2H6/c1-8-13(4)18(19(29)24-15(6)21(31)32)25-16(27)9-10-26(7)20(30)14(5)23-17(28)11-34-22(33)12(2)3;1-5-7-10(4)8-9(3)6-2;1-7-5-3-2-4-6-7;1-4(2)3;1-3-2-4;1-5-2(3)4;1-2/h13-15,18H,2,8-11H2,1,3-7H3,(H,23,28)(H,24,29)(H,25,27)(H,31,32);6,10H,5,7-8H2,1-4H3;2-6H,1H3;4H,1-3H3;2H,1H3,(H,3,4);1H3,(H,3,4);1-2H3/b;9-6+;;;;;/t13?,14?,15-,18?;;;;;;/m1....../s1. The van der Waals surface area contributed by atoms with Gasteiger partial charge in [-0.25, -0.2) is 9.59 Å². The number of carbonyl (C=O) groups is 8. The fraction of sp³-hybridized carbons (Fsp3) is 0.633. The predicted octanol–water partition coefficient (Wildman–Crippen LogP) is 7.71. The second-order valence-electron chi connectivity index (χ2n) is 15.7. The molecule has 0 heterocycles. The summed E-state index contributed by atoms with van der Waals surface area (Å²) < 4.78 is 8.38. The molecule has 0 aliphatic rings. The number of carboxylic acids is 1. The van der Waals surface area contributed by atoms with Crippen molar-refractivity contribution >= 4 is 48.1 Å². The highest BCUT2D eigenvalue weighted by Crippen LogP contribution is 2.15. The van der Waals surface area contributed by atoms with E-state index >= 15 is 0 Å². The topological polar surface area (TPSA) is 247 Å². The van der Waals surface area contributed by atoms with Crippen LogP contribution in [0.1, 0.15) is 135 Å². The minimum Gasteiger partial charge on any atom is -0.480 e. The number of rotatable bonds is 19. The van der Waals surface area contributed by atoms with Gasteiger partial charge in [-0.1, -0.05) is 136 Å². The third-order valence-electron chi connectivity index (χ3n) is 8.20. The Balaban J connectivity index is -0.000000223. The van der Waals surface area contributed by atoms with E-state index in [0.29, 0.717) is 12.8 Å². The van der Waals surface area contributed by atoms with E-state index < -0.39 is 66.5 Å². The Kier molecular flexibility index (Phi) is 51.4. The van der Waals surface area contributed by atoms with Crippen LogP contribution in [0.5, 0.6) is 0 Å². The molecule has 0 saturated heterocycles. The number of hydrogen-bond donors (Lipinski definition) is 6. The van der Waals surface area contributed by atoms with E-state index in [-0.39, 0.29) is 24.5 Å². The molecule has 0 saturated carbocycles. The summed E-state index contributed by atoms with van der Waals surface area (Å²) in [4.78, 5) is 90.9. The molecular formula is C49H89N5O12. The van der Waals surface area contributed by atoms with Gasteiger partial charge < -0.3 is 45.9 Å². The number of benzene rings is 1. The number of ether oxygens (including phenoxy) is 2. The molecule has 0 aliphatic carbocycles. The van der Waals surface area contributed by atoms with Crippen molar-refractivity contribution in [2.45, 2.75) is 154 Å². The number of nitrogens with one attached hydrogen (secondary N) is 4. The predicted molar refractivity (Wildman–Crippen MR) is 264 cm³/mol. The number of carboxylic acid groups (broad SMARTS) is 2. The maximum absolute atomic E-state index is 12.4. The summed E-state index contributed by atoms with van der Waals surface area (Å²) in [6, 6.07) is 7.29. The summed E-state index contributed by atoms with van der Waals surface area (Å²) in [5.41, 5.74) is 2.99. The molecule has 5 atom stereocenters. The van der Waals surface area contributed by atoms with E-state index in [1.807, 2.05) is 39.0 Å². The first kappa shape index (κ1) is 71.9. The summed E-state index contributed by atoms with van der Waals surface area (Å²) in [7, 11) is 4.11. The van der Waals surface area contributed by atoms with Crippen LogP contribution in [0.2, 0.25) is 0 Å². The van der Waals surface area contributed by atoms with Crippen molar-refractivity contribution < 1.29 is 58.0 Å². The number of methoxy groups -OCH3 is 1. The number of likely N-dealkylation sites (N-methyl/N-ethyl adjacent to an activating group) is 1. The normalized spacial score (nSPS) is 11.9. The molecule has 1 rings (SSSR count). The SMILES string of the molecule is C/C=C(\C)CC(C)CCC.C=C(C)C(=O)OCC(=O)NC(C)C(=O)N(C)CCC(=O)NC(C(=O)N[C@H](C)C(=O)O)C(C)CC.CC.CC(C)C.CNC=O.COC(=O)O.Cc1ccccc1. The van der Waals surface area contributed by atoms with Gasteiger partial charge in [-0.3, -0.25) is 28.8 Å². The Hall–Kier alpha value is -5.74. The van der Waals surface area contributed by atoms with E-state index in [1.165, 1.54) is 63.1 Å². The zero-order chi connectivity index (χ0) is 53.0. The Morgan fingerprint density at radius 3 is 1.68 bits per heavy atom. The van der Waals surface area contributed by atoms with E-state index in [0.717, 1.165) is 18.9 Å². The summed E-state index contributed by atoms with van der Waals surface area (Å²) in [5, 5.41) is 26.1. The van der Waals surface area contributed by atoms with Crippen LogP contribution < -0.4 is 21.3 Å². The van der Waals surface area contributed by atoms with Crippen LogP contribution in [0.3, 0.4) is 0 Å². The molecule has 1 aromatic rings. The van der Waals surface area contributed by atoms with Crippen molar-refractivity contribution in [2.24, 2.45) is 17.8 Å². The maximum Gasteiger partial charge on any atom is 0.505 e. The highest BCUT2D eigenvalue weighted by atomic mass is 16.6. The first-order valence-electron chi connectivity index (χ1n) is 22.4. The maximum atomic E-state index is 12.4. The number of nitrogens with zero attached hydrogens (tertiary/aromatic N) is 1. The molecule has 0 radical (unpaired) electrons. The number of aliphatic carboxylic acids is 1. The Morgan fingerprint density at radius 2 is 1.33 bits per heavy atom. The van der Waals surface area contributed by atoms with Crippen molar-refractivity contribution in [3.8, 4) is 0 Å². The molecule has 0 bridgehead atoms. The lowest BCUT2D eigenvalue weighted by molar-refractivity contribution is -0.145. The Morgan fingerprint density at radius 1 is 0.848 bits per heavy atom. The van der Waals surface area contributed by atoms with Gasteiger partial charge in [-0.15, -0.1) is 0 Å². The van der Waals surface area contributed by atoms with Crippen LogP contribution in [-0.2, 0) is 43.0 Å². The van der Waals surface area contributed by atoms with Gasteiger partial charge in [-0.05, 0) is 65.7 Å². The average molecular weight is 940 g/mol. The van der Waals surface area contributed by atoms with Crippen LogP contribution in [0, 0.1) is 24.7 Å². The van der Waals surface area contributed by atoms with Gasteiger partial charge in [-0.2, -0.15) is 0 Å². The molecule has 0 aliphatic heterocycles. The summed E-state index contributed by atoms with van der Waals surface area (Å²) in [6.07, 6.45) is 6.01. The van der Waals surface area contributed by atoms with Crippen LogP contribution in [0.15, 0.2) is 54.1 Å². The van der Waals surface area contributed by atoms with Crippen molar-refractivity contribution in [3.63, 3.8) is 0 Å². The molecule has 5 amide bonds. The fourth-order valence-corrected chi connectivity index (χ4v) is 4.42. The minimum atomic E-state index is -1.25. The largest absolute Gasteiger partial charge is 0.505 e. The number of hydrogen-bond acceptors (Lipinski definition) is 10. The van der Waals surface area contributed by atoms with Crippen LogP contribution in [0.25, 0.3) is 0 Å². The average Bonchev–Trinajstić information content (AvgIpc) is 3.27. The van der Waals surface area contributed by atoms with Crippen LogP contribution >= 0.6 is 0 Å². The van der Waals surface area contributed by atoms with Crippen molar-refractivity contribution in [2.75, 3.05) is 34.4 Å². The van der Waals surface area contributed by atoms with Crippen molar-refractivity contribution in [1.82, 2.24) is 26.2 Å². The number of esters is 1. The smallest absolute Gasteiger partial charge is 0.480 e. The Bertz CT molecular complexity index is 1520. The molecule has 17 heteroatoms. The molecule has 0 spiro atoms. The van der Waals surface area contributed by atoms with E-state index in [4.69, 9.17) is 24.5 Å². The van der Waals surface area contributed by atoms with Gasteiger partial charge >= 0.3 is 18.1 Å². The monoisotopic (exact) mass is 940 g/mol. The summed E-state index contributed by atoms with van der Waals surface area (Å²) >= 11 is 0. The molecule has 0 aromatic heterocycles. The van der Waals surface area contributed by atoms with Gasteiger partial charge in [0.05, 0.1) is 7.11 Å². The van der Waals surface area contributed by atoms with Gasteiger partial charge in [0.2, 0.25) is 24.1 Å². The Labute approximate surface area is 397 Å². The minimum absolute atomic E-state index is 0.00982. The first-order valence-corrected chi connectivity index (χ1v) is 22.4. The van der Waals surface area contributed by atoms with E-state index in [1.54, 1.807) is 14.0 Å². The van der Waals surface area contributed by atoms with Crippen LogP contribution in [0.4, 0.5) is 4.79 Å². The number of amides is 5. The number of aryl methyl sites for hydroxylation is 1. The number of carbonyl (C=O) groups excluding carboxylic acids is 6. The summed E-state index contributed by atoms with van der Waals surface area (Å²) in [5.74, 6) is -2.70. The van der Waals surface area contributed by atoms with E-state index in [2.05, 4.69) is 106 Å². The molecule has 66 heavy (non-hydrogen) atoms. The number of allylic oxidation sites excluding steroid dienone is 2. The first-order chi connectivity index (χ1) is 30.7.